The van der Waals surface area contributed by atoms with E-state index >= 15 is 0 Å². The molecule has 28 heavy (non-hydrogen) atoms. The molecule has 0 aliphatic heterocycles. The minimum absolute atomic E-state index is 0.584. The first kappa shape index (κ1) is 20.5. The van der Waals surface area contributed by atoms with Crippen LogP contribution in [0.15, 0.2) is 42.6 Å². The van der Waals surface area contributed by atoms with Crippen molar-refractivity contribution in [3.8, 4) is 27.7 Å². The summed E-state index contributed by atoms with van der Waals surface area (Å²) in [5.41, 5.74) is 2.20. The number of hydrogen-bond donors (Lipinski definition) is 1. The normalized spacial score (nSPS) is 10.7. The van der Waals surface area contributed by atoms with Crippen molar-refractivity contribution in [2.45, 2.75) is 13.0 Å². The van der Waals surface area contributed by atoms with Crippen LogP contribution in [0, 0.1) is 0 Å². The highest BCUT2D eigenvalue weighted by Crippen LogP contribution is 2.42. The summed E-state index contributed by atoms with van der Waals surface area (Å²) in [6.07, 6.45) is 2.80. The predicted molar refractivity (Wildman–Crippen MR) is 114 cm³/mol. The largest absolute Gasteiger partial charge is 0.493 e. The Kier molecular flexibility index (Phi) is 7.14. The van der Waals surface area contributed by atoms with Gasteiger partial charge in [-0.1, -0.05) is 23.7 Å². The highest BCUT2D eigenvalue weighted by molar-refractivity contribution is 7.15. The Morgan fingerprint density at radius 2 is 1.79 bits per heavy atom. The van der Waals surface area contributed by atoms with E-state index in [1.54, 1.807) is 32.7 Å². The molecule has 1 heterocycles. The van der Waals surface area contributed by atoms with Crippen LogP contribution in [-0.2, 0) is 13.0 Å². The van der Waals surface area contributed by atoms with Gasteiger partial charge < -0.3 is 19.5 Å². The maximum absolute atomic E-state index is 6.02. The number of benzene rings is 2. The zero-order valence-electron chi connectivity index (χ0n) is 16.1. The molecule has 1 aromatic heterocycles. The lowest BCUT2D eigenvalue weighted by atomic mass is 10.1. The number of methoxy groups -OCH3 is 3. The van der Waals surface area contributed by atoms with Crippen LogP contribution in [0.1, 0.15) is 10.6 Å². The molecule has 7 heteroatoms. The lowest BCUT2D eigenvalue weighted by molar-refractivity contribution is 0.324. The predicted octanol–water partition coefficient (Wildman–Crippen LogP) is 4.82. The van der Waals surface area contributed by atoms with Gasteiger partial charge >= 0.3 is 0 Å². The second-order valence-electron chi connectivity index (χ2n) is 6.09. The molecular formula is C21H23ClN2O3S. The van der Waals surface area contributed by atoms with E-state index in [1.165, 1.54) is 5.56 Å². The number of rotatable bonds is 9. The highest BCUT2D eigenvalue weighted by atomic mass is 35.5. The summed E-state index contributed by atoms with van der Waals surface area (Å²) in [5, 5.41) is 5.23. The van der Waals surface area contributed by atoms with Crippen molar-refractivity contribution in [1.82, 2.24) is 10.3 Å². The first-order chi connectivity index (χ1) is 13.6. The molecule has 3 aromatic rings. The number of nitrogens with zero attached hydrogens (tertiary/aromatic N) is 1. The van der Waals surface area contributed by atoms with E-state index in [0.29, 0.717) is 17.2 Å². The van der Waals surface area contributed by atoms with Gasteiger partial charge in [0.15, 0.2) is 11.5 Å². The smallest absolute Gasteiger partial charge is 0.203 e. The summed E-state index contributed by atoms with van der Waals surface area (Å²) in [6, 6.07) is 11.8. The molecule has 2 aromatic carbocycles. The molecule has 0 aliphatic rings. The van der Waals surface area contributed by atoms with Crippen LogP contribution in [0.4, 0.5) is 0 Å². The van der Waals surface area contributed by atoms with Gasteiger partial charge in [0.25, 0.3) is 0 Å². The van der Waals surface area contributed by atoms with Crippen molar-refractivity contribution in [2.24, 2.45) is 0 Å². The number of ether oxygens (including phenoxy) is 3. The molecule has 3 rings (SSSR count). The highest BCUT2D eigenvalue weighted by Gasteiger charge is 2.15. The molecule has 0 fully saturated rings. The van der Waals surface area contributed by atoms with Crippen molar-refractivity contribution in [3.63, 3.8) is 0 Å². The first-order valence-electron chi connectivity index (χ1n) is 8.85. The third kappa shape index (κ3) is 4.95. The summed E-state index contributed by atoms with van der Waals surface area (Å²) < 4.78 is 16.3. The van der Waals surface area contributed by atoms with Gasteiger partial charge in [0.2, 0.25) is 5.75 Å². The van der Waals surface area contributed by atoms with Crippen LogP contribution in [0.5, 0.6) is 17.2 Å². The Bertz CT molecular complexity index is 905. The average molecular weight is 419 g/mol. The van der Waals surface area contributed by atoms with Crippen molar-refractivity contribution >= 4 is 22.9 Å². The molecule has 0 unspecified atom stereocenters. The molecule has 148 valence electrons. The number of thiazole rings is 1. The number of hydrogen-bond acceptors (Lipinski definition) is 6. The van der Waals surface area contributed by atoms with Gasteiger partial charge in [-0.15, -0.1) is 11.3 Å². The zero-order valence-corrected chi connectivity index (χ0v) is 17.7. The van der Waals surface area contributed by atoms with Crippen LogP contribution in [0.3, 0.4) is 0 Å². The van der Waals surface area contributed by atoms with Gasteiger partial charge in [-0.25, -0.2) is 4.98 Å². The van der Waals surface area contributed by atoms with Gasteiger partial charge in [-0.3, -0.25) is 0 Å². The van der Waals surface area contributed by atoms with Gasteiger partial charge in [0, 0.05) is 23.3 Å². The Balaban J connectivity index is 1.63. The minimum Gasteiger partial charge on any atom is -0.493 e. The van der Waals surface area contributed by atoms with Crippen LogP contribution >= 0.6 is 22.9 Å². The fourth-order valence-corrected chi connectivity index (χ4v) is 3.96. The van der Waals surface area contributed by atoms with Crippen molar-refractivity contribution in [3.05, 3.63) is 58.2 Å². The standard InChI is InChI=1S/C21H23ClN2O3S/c1-25-17-10-15(11-18(26-2)21(17)27-3)19-12-24-20(28-19)13-23-8-7-14-5-4-6-16(22)9-14/h4-6,9-12,23H,7-8,13H2,1-3H3. The minimum atomic E-state index is 0.584. The number of halogens is 1. The molecule has 5 nitrogen and oxygen atoms in total. The summed E-state index contributed by atoms with van der Waals surface area (Å²) in [6.45, 7) is 1.58. The van der Waals surface area contributed by atoms with Crippen molar-refractivity contribution in [2.75, 3.05) is 27.9 Å². The molecule has 0 spiro atoms. The maximum Gasteiger partial charge on any atom is 0.203 e. The van der Waals surface area contributed by atoms with E-state index in [-0.39, 0.29) is 0 Å². The molecule has 0 amide bonds. The zero-order chi connectivity index (χ0) is 19.9. The van der Waals surface area contributed by atoms with E-state index in [4.69, 9.17) is 25.8 Å². The molecule has 0 saturated carbocycles. The maximum atomic E-state index is 6.02. The van der Waals surface area contributed by atoms with E-state index < -0.39 is 0 Å². The van der Waals surface area contributed by atoms with Gasteiger partial charge in [0.1, 0.15) is 5.01 Å². The Morgan fingerprint density at radius 3 is 2.43 bits per heavy atom. The molecule has 1 N–H and O–H groups in total. The second kappa shape index (κ2) is 9.78. The molecule has 0 atom stereocenters. The fraction of sp³-hybridized carbons (Fsp3) is 0.286. The molecule has 0 aliphatic carbocycles. The molecule has 0 radical (unpaired) electrons. The number of aromatic nitrogens is 1. The SMILES string of the molecule is COc1cc(-c2cnc(CNCCc3cccc(Cl)c3)s2)cc(OC)c1OC. The Labute approximate surface area is 174 Å². The third-order valence-corrected chi connectivity index (χ3v) is 5.54. The lowest BCUT2D eigenvalue weighted by Crippen LogP contribution is -2.16. The van der Waals surface area contributed by atoms with E-state index in [1.807, 2.05) is 36.5 Å². The van der Waals surface area contributed by atoms with Gasteiger partial charge in [-0.2, -0.15) is 0 Å². The molecule has 0 bridgehead atoms. The van der Waals surface area contributed by atoms with Crippen LogP contribution in [0.25, 0.3) is 10.4 Å². The fourth-order valence-electron chi connectivity index (χ4n) is 2.87. The quantitative estimate of drug-likeness (QED) is 0.505. The summed E-state index contributed by atoms with van der Waals surface area (Å²) in [4.78, 5) is 5.57. The van der Waals surface area contributed by atoms with Crippen LogP contribution in [0.2, 0.25) is 5.02 Å². The van der Waals surface area contributed by atoms with Gasteiger partial charge in [-0.05, 0) is 42.8 Å². The first-order valence-corrected chi connectivity index (χ1v) is 10.0. The molecular weight excluding hydrogens is 396 g/mol. The average Bonchev–Trinajstić information content (AvgIpc) is 3.19. The topological polar surface area (TPSA) is 52.6 Å². The van der Waals surface area contributed by atoms with E-state index in [2.05, 4.69) is 16.4 Å². The second-order valence-corrected chi connectivity index (χ2v) is 7.64. The lowest BCUT2D eigenvalue weighted by Gasteiger charge is -2.13. The van der Waals surface area contributed by atoms with Crippen LogP contribution in [-0.4, -0.2) is 32.9 Å². The molecule has 0 saturated heterocycles. The van der Waals surface area contributed by atoms with Gasteiger partial charge in [0.05, 0.1) is 26.2 Å². The Hall–Kier alpha value is -2.28. The Morgan fingerprint density at radius 1 is 1.04 bits per heavy atom. The monoisotopic (exact) mass is 418 g/mol. The van der Waals surface area contributed by atoms with E-state index in [0.717, 1.165) is 40.0 Å². The summed E-state index contributed by atoms with van der Waals surface area (Å²) in [7, 11) is 4.83. The summed E-state index contributed by atoms with van der Waals surface area (Å²) >= 11 is 7.66. The van der Waals surface area contributed by atoms with E-state index in [9.17, 15) is 0 Å². The van der Waals surface area contributed by atoms with Crippen molar-refractivity contribution in [1.29, 1.82) is 0 Å². The number of nitrogens with one attached hydrogen (secondary N) is 1. The van der Waals surface area contributed by atoms with Crippen molar-refractivity contribution < 1.29 is 14.2 Å². The van der Waals surface area contributed by atoms with Crippen LogP contribution < -0.4 is 19.5 Å². The summed E-state index contributed by atoms with van der Waals surface area (Å²) in [5.74, 6) is 1.85. The third-order valence-electron chi connectivity index (χ3n) is 4.26.